The molecule has 1 aromatic heterocycles. The maximum absolute atomic E-state index is 11.7. The van der Waals surface area contributed by atoms with Crippen molar-refractivity contribution in [2.45, 2.75) is 13.8 Å². The van der Waals surface area contributed by atoms with Crippen LogP contribution >= 0.6 is 11.3 Å². The third-order valence-corrected chi connectivity index (χ3v) is 3.33. The molecule has 4 heteroatoms. The number of benzene rings is 1. The van der Waals surface area contributed by atoms with E-state index >= 15 is 0 Å². The van der Waals surface area contributed by atoms with Crippen molar-refractivity contribution in [2.24, 2.45) is 0 Å². The van der Waals surface area contributed by atoms with Gasteiger partial charge in [0.05, 0.1) is 6.61 Å². The van der Waals surface area contributed by atoms with Crippen molar-refractivity contribution in [3.63, 3.8) is 0 Å². The van der Waals surface area contributed by atoms with E-state index in [2.05, 4.69) is 0 Å². The Bertz CT molecular complexity index is 545. The molecule has 0 saturated heterocycles. The van der Waals surface area contributed by atoms with Crippen LogP contribution in [0.3, 0.4) is 0 Å². The maximum atomic E-state index is 11.7. The van der Waals surface area contributed by atoms with E-state index in [1.165, 1.54) is 11.3 Å². The number of fused-ring (bicyclic) bond motifs is 1. The summed E-state index contributed by atoms with van der Waals surface area (Å²) in [4.78, 5) is 11.7. The highest BCUT2D eigenvalue weighted by Crippen LogP contribution is 2.34. The number of aryl methyl sites for hydroxylation is 1. The fourth-order valence-corrected chi connectivity index (χ4v) is 2.69. The van der Waals surface area contributed by atoms with Crippen molar-refractivity contribution in [3.05, 3.63) is 29.3 Å². The average Bonchev–Trinajstić information content (AvgIpc) is 2.53. The Kier molecular flexibility index (Phi) is 2.83. The molecule has 0 unspecified atom stereocenters. The van der Waals surface area contributed by atoms with Crippen LogP contribution in [0.1, 0.15) is 22.8 Å². The molecule has 84 valence electrons. The number of esters is 1. The van der Waals surface area contributed by atoms with Gasteiger partial charge in [-0.3, -0.25) is 0 Å². The number of rotatable bonds is 2. The minimum absolute atomic E-state index is 0.338. The Hall–Kier alpha value is -1.55. The van der Waals surface area contributed by atoms with Crippen LogP contribution in [-0.2, 0) is 4.74 Å². The normalized spacial score (nSPS) is 10.6. The Labute approximate surface area is 97.8 Å². The lowest BCUT2D eigenvalue weighted by atomic mass is 10.1. The largest absolute Gasteiger partial charge is 0.462 e. The molecule has 0 radical (unpaired) electrons. The van der Waals surface area contributed by atoms with Gasteiger partial charge in [-0.1, -0.05) is 12.1 Å². The van der Waals surface area contributed by atoms with Gasteiger partial charge in [0.1, 0.15) is 10.6 Å². The Morgan fingerprint density at radius 1 is 1.50 bits per heavy atom. The second-order valence-electron chi connectivity index (χ2n) is 3.56. The highest BCUT2D eigenvalue weighted by atomic mass is 32.1. The molecule has 0 aliphatic carbocycles. The molecule has 0 aliphatic rings. The topological polar surface area (TPSA) is 52.3 Å². The second kappa shape index (κ2) is 4.14. The molecule has 1 heterocycles. The number of carbonyl (C=O) groups excluding carboxylic acids is 1. The fraction of sp³-hybridized carbons (Fsp3) is 0.250. The van der Waals surface area contributed by atoms with Crippen molar-refractivity contribution in [2.75, 3.05) is 12.3 Å². The summed E-state index contributed by atoms with van der Waals surface area (Å²) < 4.78 is 6.02. The molecule has 16 heavy (non-hydrogen) atoms. The van der Waals surface area contributed by atoms with Gasteiger partial charge in [-0.05, 0) is 25.5 Å². The molecule has 0 amide bonds. The van der Waals surface area contributed by atoms with E-state index in [-0.39, 0.29) is 5.97 Å². The smallest absolute Gasteiger partial charge is 0.341 e. The molecule has 1 aromatic carbocycles. The van der Waals surface area contributed by atoms with Gasteiger partial charge in [0.15, 0.2) is 0 Å². The Morgan fingerprint density at radius 3 is 2.94 bits per heavy atom. The summed E-state index contributed by atoms with van der Waals surface area (Å²) in [6.45, 7) is 4.16. The van der Waals surface area contributed by atoms with Crippen LogP contribution in [0.15, 0.2) is 18.2 Å². The van der Waals surface area contributed by atoms with Crippen LogP contribution < -0.4 is 5.73 Å². The lowest BCUT2D eigenvalue weighted by Crippen LogP contribution is -2.05. The first-order valence-electron chi connectivity index (χ1n) is 5.09. The van der Waals surface area contributed by atoms with E-state index in [9.17, 15) is 4.79 Å². The quantitative estimate of drug-likeness (QED) is 0.814. The van der Waals surface area contributed by atoms with E-state index < -0.39 is 0 Å². The summed E-state index contributed by atoms with van der Waals surface area (Å²) in [5.74, 6) is -0.338. The number of hydrogen-bond acceptors (Lipinski definition) is 4. The number of nitrogen functional groups attached to an aromatic ring is 1. The molecule has 0 fully saturated rings. The SMILES string of the molecule is CCOC(=O)c1c(N)sc2cc(C)ccc12. The lowest BCUT2D eigenvalue weighted by Gasteiger charge is -2.01. The first-order chi connectivity index (χ1) is 7.63. The Morgan fingerprint density at radius 2 is 2.25 bits per heavy atom. The molecule has 0 spiro atoms. The van der Waals surface area contributed by atoms with Crippen molar-refractivity contribution in [1.29, 1.82) is 0 Å². The van der Waals surface area contributed by atoms with Gasteiger partial charge in [0.25, 0.3) is 0 Å². The molecule has 2 N–H and O–H groups in total. The highest BCUT2D eigenvalue weighted by Gasteiger charge is 2.17. The number of carbonyl (C=O) groups is 1. The van der Waals surface area contributed by atoms with E-state index in [0.29, 0.717) is 17.2 Å². The number of ether oxygens (including phenoxy) is 1. The van der Waals surface area contributed by atoms with Gasteiger partial charge in [-0.25, -0.2) is 4.79 Å². The lowest BCUT2D eigenvalue weighted by molar-refractivity contribution is 0.0530. The predicted molar refractivity (Wildman–Crippen MR) is 66.9 cm³/mol. The summed E-state index contributed by atoms with van der Waals surface area (Å²) in [5.41, 5.74) is 7.51. The highest BCUT2D eigenvalue weighted by molar-refractivity contribution is 7.23. The van der Waals surface area contributed by atoms with Crippen LogP contribution in [0, 0.1) is 6.92 Å². The monoisotopic (exact) mass is 235 g/mol. The van der Waals surface area contributed by atoms with Gasteiger partial charge >= 0.3 is 5.97 Å². The molecule has 2 aromatic rings. The third-order valence-electron chi connectivity index (χ3n) is 2.35. The summed E-state index contributed by atoms with van der Waals surface area (Å²) >= 11 is 1.42. The van der Waals surface area contributed by atoms with Crippen LogP contribution in [0.2, 0.25) is 0 Å². The van der Waals surface area contributed by atoms with Gasteiger partial charge in [-0.15, -0.1) is 11.3 Å². The molecule has 0 saturated carbocycles. The molecule has 3 nitrogen and oxygen atoms in total. The van der Waals surface area contributed by atoms with Crippen LogP contribution in [0.4, 0.5) is 5.00 Å². The zero-order chi connectivity index (χ0) is 11.7. The Balaban J connectivity index is 2.60. The zero-order valence-electron chi connectivity index (χ0n) is 9.24. The third kappa shape index (κ3) is 1.76. The van der Waals surface area contributed by atoms with Crippen LogP contribution in [0.25, 0.3) is 10.1 Å². The predicted octanol–water partition coefficient (Wildman–Crippen LogP) is 2.97. The molecule has 0 atom stereocenters. The molecular weight excluding hydrogens is 222 g/mol. The van der Waals surface area contributed by atoms with Gasteiger partial charge in [0, 0.05) is 10.1 Å². The van der Waals surface area contributed by atoms with E-state index in [1.54, 1.807) is 6.92 Å². The number of nitrogens with two attached hydrogens (primary N) is 1. The number of anilines is 1. The first kappa shape index (κ1) is 11.0. The minimum atomic E-state index is -0.338. The fourth-order valence-electron chi connectivity index (χ4n) is 1.64. The van der Waals surface area contributed by atoms with Gasteiger partial charge in [-0.2, -0.15) is 0 Å². The first-order valence-corrected chi connectivity index (χ1v) is 5.91. The summed E-state index contributed by atoms with van der Waals surface area (Å²) in [6, 6.07) is 5.92. The average molecular weight is 235 g/mol. The number of hydrogen-bond donors (Lipinski definition) is 1. The van der Waals surface area contributed by atoms with Crippen LogP contribution in [-0.4, -0.2) is 12.6 Å². The van der Waals surface area contributed by atoms with E-state index in [0.717, 1.165) is 15.6 Å². The molecule has 0 bridgehead atoms. The minimum Gasteiger partial charge on any atom is -0.462 e. The van der Waals surface area contributed by atoms with Crippen molar-refractivity contribution >= 4 is 32.4 Å². The standard InChI is InChI=1S/C12H13NO2S/c1-3-15-12(14)10-8-5-4-7(2)6-9(8)16-11(10)13/h4-6H,3,13H2,1-2H3. The van der Waals surface area contributed by atoms with Crippen molar-refractivity contribution in [3.8, 4) is 0 Å². The zero-order valence-corrected chi connectivity index (χ0v) is 10.1. The second-order valence-corrected chi connectivity index (χ2v) is 4.65. The van der Waals surface area contributed by atoms with Crippen LogP contribution in [0.5, 0.6) is 0 Å². The van der Waals surface area contributed by atoms with E-state index in [1.807, 2.05) is 25.1 Å². The maximum Gasteiger partial charge on any atom is 0.341 e. The summed E-state index contributed by atoms with van der Waals surface area (Å²) in [5, 5.41) is 1.41. The van der Waals surface area contributed by atoms with Gasteiger partial charge in [0.2, 0.25) is 0 Å². The number of thiophene rings is 1. The summed E-state index contributed by atoms with van der Waals surface area (Å²) in [6.07, 6.45) is 0. The molecular formula is C12H13NO2S. The van der Waals surface area contributed by atoms with E-state index in [4.69, 9.17) is 10.5 Å². The molecule has 0 aliphatic heterocycles. The summed E-state index contributed by atoms with van der Waals surface area (Å²) in [7, 11) is 0. The van der Waals surface area contributed by atoms with Gasteiger partial charge < -0.3 is 10.5 Å². The molecule has 2 rings (SSSR count). The van der Waals surface area contributed by atoms with Crippen molar-refractivity contribution in [1.82, 2.24) is 0 Å². The van der Waals surface area contributed by atoms with Crippen molar-refractivity contribution < 1.29 is 9.53 Å².